The summed E-state index contributed by atoms with van der Waals surface area (Å²) in [6.07, 6.45) is 9.38. The molecular weight excluding hydrogens is 330 g/mol. The monoisotopic (exact) mass is 353 g/mol. The maximum Gasteiger partial charge on any atom is 0.324 e. The van der Waals surface area contributed by atoms with E-state index >= 15 is 0 Å². The van der Waals surface area contributed by atoms with Gasteiger partial charge in [-0.15, -0.1) is 0 Å². The lowest BCUT2D eigenvalue weighted by molar-refractivity contribution is 0.229. The highest BCUT2D eigenvalue weighted by molar-refractivity contribution is 5.93. The van der Waals surface area contributed by atoms with Crippen molar-refractivity contribution in [1.82, 2.24) is 24.6 Å². The van der Waals surface area contributed by atoms with Gasteiger partial charge in [0.15, 0.2) is 0 Å². The molecule has 2 aromatic rings. The molecular formula is C18H23N7O. The van der Waals surface area contributed by atoms with Crippen LogP contribution in [0.15, 0.2) is 24.7 Å². The predicted octanol–water partition coefficient (Wildman–Crippen LogP) is 1.87. The third-order valence-electron chi connectivity index (χ3n) is 5.81. The maximum absolute atomic E-state index is 12.1. The van der Waals surface area contributed by atoms with Gasteiger partial charge in [-0.2, -0.15) is 5.10 Å². The van der Waals surface area contributed by atoms with Gasteiger partial charge in [0.05, 0.1) is 17.9 Å². The Morgan fingerprint density at radius 3 is 2.73 bits per heavy atom. The van der Waals surface area contributed by atoms with Crippen molar-refractivity contribution in [1.29, 1.82) is 0 Å². The zero-order valence-corrected chi connectivity index (χ0v) is 15.0. The van der Waals surface area contributed by atoms with Crippen LogP contribution < -0.4 is 9.80 Å². The molecule has 2 aromatic heterocycles. The molecule has 8 nitrogen and oxygen atoms in total. The van der Waals surface area contributed by atoms with Crippen LogP contribution in [0.4, 0.5) is 16.3 Å². The van der Waals surface area contributed by atoms with Gasteiger partial charge in [0.2, 0.25) is 0 Å². The van der Waals surface area contributed by atoms with E-state index in [9.17, 15) is 4.79 Å². The van der Waals surface area contributed by atoms with Crippen molar-refractivity contribution >= 4 is 17.5 Å². The van der Waals surface area contributed by atoms with E-state index in [0.717, 1.165) is 43.5 Å². The fourth-order valence-electron chi connectivity index (χ4n) is 3.77. The van der Waals surface area contributed by atoms with Gasteiger partial charge in [-0.1, -0.05) is 6.42 Å². The van der Waals surface area contributed by atoms with Crippen LogP contribution in [0.1, 0.15) is 37.0 Å². The number of rotatable bonds is 4. The first kappa shape index (κ1) is 15.6. The van der Waals surface area contributed by atoms with E-state index in [1.807, 2.05) is 30.2 Å². The van der Waals surface area contributed by atoms with Crippen LogP contribution in [-0.4, -0.2) is 63.9 Å². The molecule has 3 fully saturated rings. The lowest BCUT2D eigenvalue weighted by Crippen LogP contribution is -2.48. The van der Waals surface area contributed by atoms with Gasteiger partial charge in [-0.05, 0) is 18.9 Å². The normalized spacial score (nSPS) is 21.3. The molecule has 26 heavy (non-hydrogen) atoms. The maximum atomic E-state index is 12.1. The lowest BCUT2D eigenvalue weighted by atomic mass is 9.85. The minimum absolute atomic E-state index is 0.0456. The van der Waals surface area contributed by atoms with Crippen LogP contribution in [0.3, 0.4) is 0 Å². The van der Waals surface area contributed by atoms with Crippen LogP contribution in [0, 0.1) is 0 Å². The number of anilines is 2. The van der Waals surface area contributed by atoms with Crippen LogP contribution in [0.5, 0.6) is 0 Å². The molecule has 0 aromatic carbocycles. The zero-order valence-electron chi connectivity index (χ0n) is 15.0. The highest BCUT2D eigenvalue weighted by Gasteiger charge is 2.33. The standard InChI is InChI=1S/C18H23N7O/c1-22-7-8-24(18(22)26)14-9-20-25(12-14)15-10-23(11-15)16-5-6-19-17(21-16)13-3-2-4-13/h5-6,9,12-13,15H,2-4,7-8,10-11H2,1H3. The van der Waals surface area contributed by atoms with Crippen LogP contribution >= 0.6 is 0 Å². The Morgan fingerprint density at radius 2 is 2.04 bits per heavy atom. The summed E-state index contributed by atoms with van der Waals surface area (Å²) < 4.78 is 1.98. The molecule has 0 N–H and O–H groups in total. The molecule has 5 rings (SSSR count). The molecule has 8 heteroatoms. The smallest absolute Gasteiger partial charge is 0.324 e. The number of aromatic nitrogens is 4. The molecule has 0 spiro atoms. The Balaban J connectivity index is 1.24. The number of likely N-dealkylation sites (N-methyl/N-ethyl adjacent to an activating group) is 1. The van der Waals surface area contributed by atoms with Crippen molar-refractivity contribution in [3.63, 3.8) is 0 Å². The molecule has 2 aliphatic heterocycles. The average molecular weight is 353 g/mol. The number of nitrogens with zero attached hydrogens (tertiary/aromatic N) is 7. The number of hydrogen-bond donors (Lipinski definition) is 0. The number of hydrogen-bond acceptors (Lipinski definition) is 5. The Hall–Kier alpha value is -2.64. The van der Waals surface area contributed by atoms with Gasteiger partial charge in [0.25, 0.3) is 0 Å². The lowest BCUT2D eigenvalue weighted by Gasteiger charge is -2.40. The number of carbonyl (C=O) groups is 1. The van der Waals surface area contributed by atoms with Crippen molar-refractivity contribution in [3.8, 4) is 0 Å². The Bertz CT molecular complexity index is 824. The van der Waals surface area contributed by atoms with Crippen molar-refractivity contribution in [3.05, 3.63) is 30.5 Å². The summed E-state index contributed by atoms with van der Waals surface area (Å²) in [6.45, 7) is 3.26. The van der Waals surface area contributed by atoms with Gasteiger partial charge >= 0.3 is 6.03 Å². The Morgan fingerprint density at radius 1 is 1.19 bits per heavy atom. The Labute approximate surface area is 152 Å². The molecule has 2 saturated heterocycles. The molecule has 2 amide bonds. The molecule has 0 radical (unpaired) electrons. The summed E-state index contributed by atoms with van der Waals surface area (Å²) in [7, 11) is 1.83. The first-order chi connectivity index (χ1) is 12.7. The van der Waals surface area contributed by atoms with E-state index in [0.29, 0.717) is 12.0 Å². The second-order valence-corrected chi connectivity index (χ2v) is 7.49. The van der Waals surface area contributed by atoms with Gasteiger partial charge in [-0.3, -0.25) is 9.58 Å². The van der Waals surface area contributed by atoms with Gasteiger partial charge in [-0.25, -0.2) is 14.8 Å². The highest BCUT2D eigenvalue weighted by atomic mass is 16.2. The van der Waals surface area contributed by atoms with Crippen molar-refractivity contribution in [2.75, 3.05) is 43.0 Å². The van der Waals surface area contributed by atoms with Gasteiger partial charge in [0.1, 0.15) is 11.6 Å². The van der Waals surface area contributed by atoms with E-state index in [2.05, 4.69) is 15.0 Å². The molecule has 1 saturated carbocycles. The first-order valence-corrected chi connectivity index (χ1v) is 9.34. The average Bonchev–Trinajstić information content (AvgIpc) is 3.13. The molecule has 3 aliphatic rings. The van der Waals surface area contributed by atoms with E-state index in [1.54, 1.807) is 16.0 Å². The van der Waals surface area contributed by atoms with Crippen molar-refractivity contribution in [2.24, 2.45) is 0 Å². The Kier molecular flexibility index (Phi) is 3.58. The zero-order chi connectivity index (χ0) is 17.7. The van der Waals surface area contributed by atoms with E-state index in [-0.39, 0.29) is 6.03 Å². The van der Waals surface area contributed by atoms with Crippen LogP contribution in [-0.2, 0) is 0 Å². The van der Waals surface area contributed by atoms with Crippen molar-refractivity contribution in [2.45, 2.75) is 31.2 Å². The molecule has 0 bridgehead atoms. The summed E-state index contributed by atoms with van der Waals surface area (Å²) in [5, 5.41) is 4.48. The fraction of sp³-hybridized carbons (Fsp3) is 0.556. The topological polar surface area (TPSA) is 70.4 Å². The highest BCUT2D eigenvalue weighted by Crippen LogP contribution is 2.35. The number of carbonyl (C=O) groups excluding carboxylic acids is 1. The molecule has 1 aliphatic carbocycles. The molecule has 136 valence electrons. The second-order valence-electron chi connectivity index (χ2n) is 7.49. The molecule has 0 unspecified atom stereocenters. The van der Waals surface area contributed by atoms with E-state index < -0.39 is 0 Å². The van der Waals surface area contributed by atoms with Crippen molar-refractivity contribution < 1.29 is 4.79 Å². The number of urea groups is 1. The van der Waals surface area contributed by atoms with E-state index in [4.69, 9.17) is 4.98 Å². The summed E-state index contributed by atoms with van der Waals surface area (Å²) >= 11 is 0. The first-order valence-electron chi connectivity index (χ1n) is 9.34. The number of amides is 2. The largest absolute Gasteiger partial charge is 0.352 e. The summed E-state index contributed by atoms with van der Waals surface area (Å²) in [4.78, 5) is 27.1. The third kappa shape index (κ3) is 2.51. The summed E-state index contributed by atoms with van der Waals surface area (Å²) in [6, 6.07) is 2.36. The van der Waals surface area contributed by atoms with Crippen LogP contribution in [0.25, 0.3) is 0 Å². The minimum Gasteiger partial charge on any atom is -0.352 e. The minimum atomic E-state index is 0.0456. The van der Waals surface area contributed by atoms with Crippen LogP contribution in [0.2, 0.25) is 0 Å². The fourth-order valence-corrected chi connectivity index (χ4v) is 3.77. The third-order valence-corrected chi connectivity index (χ3v) is 5.81. The van der Waals surface area contributed by atoms with E-state index in [1.165, 1.54) is 19.3 Å². The SMILES string of the molecule is CN1CCN(c2cnn(C3CN(c4ccnc(C5CCC5)n4)C3)c2)C1=O. The van der Waals surface area contributed by atoms with Gasteiger partial charge < -0.3 is 9.80 Å². The molecule has 0 atom stereocenters. The second kappa shape index (κ2) is 5.96. The summed E-state index contributed by atoms with van der Waals surface area (Å²) in [5.41, 5.74) is 0.882. The predicted molar refractivity (Wildman–Crippen MR) is 97.5 cm³/mol. The quantitative estimate of drug-likeness (QED) is 0.839. The summed E-state index contributed by atoms with van der Waals surface area (Å²) in [5.74, 6) is 2.56. The molecule has 4 heterocycles. The van der Waals surface area contributed by atoms with Gasteiger partial charge in [0, 0.05) is 51.5 Å².